The molecule has 0 saturated carbocycles. The molecule has 2 atom stereocenters. The Morgan fingerprint density at radius 1 is 1.33 bits per heavy atom. The van der Waals surface area contributed by atoms with Gasteiger partial charge in [0.15, 0.2) is 0 Å². The summed E-state index contributed by atoms with van der Waals surface area (Å²) in [5.74, 6) is 0. The minimum Gasteiger partial charge on any atom is -0.382 e. The highest BCUT2D eigenvalue weighted by Crippen LogP contribution is 2.29. The summed E-state index contributed by atoms with van der Waals surface area (Å²) in [4.78, 5) is 6.92. The Morgan fingerprint density at radius 2 is 2.19 bits per heavy atom. The average molecular weight is 286 g/mol. The molecule has 0 amide bonds. The van der Waals surface area contributed by atoms with Gasteiger partial charge < -0.3 is 14.4 Å². The lowest BCUT2D eigenvalue weighted by molar-refractivity contribution is -0.0510. The fraction of sp³-hybridized carbons (Fsp3) is 0.471. The molecule has 4 nitrogen and oxygen atoms in total. The Morgan fingerprint density at radius 3 is 3.00 bits per heavy atom. The summed E-state index contributed by atoms with van der Waals surface area (Å²) >= 11 is 0. The van der Waals surface area contributed by atoms with Gasteiger partial charge in [0, 0.05) is 37.5 Å². The number of morpholine rings is 1. The molecule has 112 valence electrons. The number of ether oxygens (including phenoxy) is 2. The van der Waals surface area contributed by atoms with Gasteiger partial charge in [-0.3, -0.25) is 4.98 Å². The average Bonchev–Trinajstić information content (AvgIpc) is 2.47. The third-order valence-electron chi connectivity index (χ3n) is 3.97. The van der Waals surface area contributed by atoms with Gasteiger partial charge in [-0.1, -0.05) is 18.2 Å². The Balaban J connectivity index is 1.97. The molecule has 21 heavy (non-hydrogen) atoms. The largest absolute Gasteiger partial charge is 0.382 e. The molecule has 1 aliphatic rings. The van der Waals surface area contributed by atoms with E-state index in [-0.39, 0.29) is 12.2 Å². The van der Waals surface area contributed by atoms with Gasteiger partial charge in [-0.15, -0.1) is 0 Å². The van der Waals surface area contributed by atoms with E-state index in [2.05, 4.69) is 48.0 Å². The Labute approximate surface area is 125 Å². The fourth-order valence-corrected chi connectivity index (χ4v) is 3.10. The zero-order chi connectivity index (χ0) is 14.8. The molecular formula is C17H22N2O2. The number of hydrogen-bond acceptors (Lipinski definition) is 4. The maximum Gasteiger partial charge on any atom is 0.0987 e. The molecular weight excluding hydrogens is 264 g/mol. The second-order valence-corrected chi connectivity index (χ2v) is 5.73. The molecule has 4 heteroatoms. The highest BCUT2D eigenvalue weighted by molar-refractivity contribution is 5.93. The van der Waals surface area contributed by atoms with Crippen LogP contribution in [0.2, 0.25) is 0 Å². The predicted octanol–water partition coefficient (Wildman–Crippen LogP) is 2.78. The minimum atomic E-state index is 0.117. The first-order valence-corrected chi connectivity index (χ1v) is 7.42. The summed E-state index contributed by atoms with van der Waals surface area (Å²) in [7, 11) is 1.72. The number of para-hydroxylation sites is 1. The standard InChI is InChI=1S/C17H22N2O2/c1-12-5-4-6-15-16(7-8-18-17(12)15)19-9-13(2)21-14(10-19)11-20-3/h4-8,13-14H,9-11H2,1-3H3. The van der Waals surface area contributed by atoms with Crippen molar-refractivity contribution in [3.05, 3.63) is 36.0 Å². The summed E-state index contributed by atoms with van der Waals surface area (Å²) in [5.41, 5.74) is 3.53. The van der Waals surface area contributed by atoms with Gasteiger partial charge in [0.05, 0.1) is 24.3 Å². The van der Waals surface area contributed by atoms with Crippen LogP contribution in [-0.4, -0.2) is 44.0 Å². The van der Waals surface area contributed by atoms with Crippen molar-refractivity contribution < 1.29 is 9.47 Å². The van der Waals surface area contributed by atoms with Gasteiger partial charge in [0.1, 0.15) is 0 Å². The zero-order valence-corrected chi connectivity index (χ0v) is 12.9. The van der Waals surface area contributed by atoms with E-state index >= 15 is 0 Å². The molecule has 1 aliphatic heterocycles. The molecule has 2 aromatic rings. The lowest BCUT2D eigenvalue weighted by atomic mass is 10.1. The fourth-order valence-electron chi connectivity index (χ4n) is 3.10. The predicted molar refractivity (Wildman–Crippen MR) is 84.9 cm³/mol. The van der Waals surface area contributed by atoms with Gasteiger partial charge in [-0.05, 0) is 25.5 Å². The second-order valence-electron chi connectivity index (χ2n) is 5.73. The third kappa shape index (κ3) is 2.87. The number of pyridine rings is 1. The third-order valence-corrected chi connectivity index (χ3v) is 3.97. The Bertz CT molecular complexity index is 629. The molecule has 1 fully saturated rings. The van der Waals surface area contributed by atoms with Crippen molar-refractivity contribution >= 4 is 16.6 Å². The van der Waals surface area contributed by atoms with Crippen molar-refractivity contribution in [2.24, 2.45) is 0 Å². The van der Waals surface area contributed by atoms with Crippen LogP contribution in [0.4, 0.5) is 5.69 Å². The number of anilines is 1. The number of aryl methyl sites for hydroxylation is 1. The SMILES string of the molecule is COCC1CN(c2ccnc3c(C)cccc23)CC(C)O1. The first-order chi connectivity index (χ1) is 10.2. The monoisotopic (exact) mass is 286 g/mol. The molecule has 0 aliphatic carbocycles. The van der Waals surface area contributed by atoms with Crippen LogP contribution < -0.4 is 4.90 Å². The summed E-state index contributed by atoms with van der Waals surface area (Å²) in [6, 6.07) is 8.45. The summed E-state index contributed by atoms with van der Waals surface area (Å²) in [6.45, 7) is 6.60. The number of nitrogens with zero attached hydrogens (tertiary/aromatic N) is 2. The number of methoxy groups -OCH3 is 1. The van der Waals surface area contributed by atoms with Crippen LogP contribution in [0, 0.1) is 6.92 Å². The van der Waals surface area contributed by atoms with Crippen LogP contribution in [0.25, 0.3) is 10.9 Å². The molecule has 2 heterocycles. The van der Waals surface area contributed by atoms with Crippen LogP contribution >= 0.6 is 0 Å². The van der Waals surface area contributed by atoms with Crippen LogP contribution in [0.1, 0.15) is 12.5 Å². The van der Waals surface area contributed by atoms with E-state index < -0.39 is 0 Å². The number of hydrogen-bond donors (Lipinski definition) is 0. The van der Waals surface area contributed by atoms with E-state index in [1.54, 1.807) is 7.11 Å². The van der Waals surface area contributed by atoms with Gasteiger partial charge in [-0.25, -0.2) is 0 Å². The molecule has 0 radical (unpaired) electrons. The maximum atomic E-state index is 5.93. The van der Waals surface area contributed by atoms with E-state index in [1.165, 1.54) is 16.6 Å². The highest BCUT2D eigenvalue weighted by Gasteiger charge is 2.26. The normalized spacial score (nSPS) is 22.7. The van der Waals surface area contributed by atoms with Crippen LogP contribution in [0.3, 0.4) is 0 Å². The number of benzene rings is 1. The van der Waals surface area contributed by atoms with Crippen LogP contribution in [0.5, 0.6) is 0 Å². The van der Waals surface area contributed by atoms with Gasteiger partial charge in [0.2, 0.25) is 0 Å². The molecule has 0 N–H and O–H groups in total. The van der Waals surface area contributed by atoms with Crippen molar-refractivity contribution in [2.75, 3.05) is 31.7 Å². The molecule has 1 saturated heterocycles. The van der Waals surface area contributed by atoms with Crippen LogP contribution in [0.15, 0.2) is 30.5 Å². The zero-order valence-electron chi connectivity index (χ0n) is 12.9. The smallest absolute Gasteiger partial charge is 0.0987 e. The first kappa shape index (κ1) is 14.3. The van der Waals surface area contributed by atoms with Crippen molar-refractivity contribution in [1.29, 1.82) is 0 Å². The van der Waals surface area contributed by atoms with Crippen molar-refractivity contribution in [1.82, 2.24) is 4.98 Å². The number of rotatable bonds is 3. The van der Waals surface area contributed by atoms with Crippen molar-refractivity contribution in [3.8, 4) is 0 Å². The van der Waals surface area contributed by atoms with E-state index in [9.17, 15) is 0 Å². The van der Waals surface area contributed by atoms with Crippen molar-refractivity contribution in [2.45, 2.75) is 26.1 Å². The van der Waals surface area contributed by atoms with E-state index in [4.69, 9.17) is 9.47 Å². The van der Waals surface area contributed by atoms with E-state index in [1.807, 2.05) is 6.20 Å². The molecule has 3 rings (SSSR count). The molecule has 1 aromatic carbocycles. The van der Waals surface area contributed by atoms with Crippen LogP contribution in [-0.2, 0) is 9.47 Å². The number of fused-ring (bicyclic) bond motifs is 1. The first-order valence-electron chi connectivity index (χ1n) is 7.42. The summed E-state index contributed by atoms with van der Waals surface area (Å²) in [5, 5.41) is 1.21. The summed E-state index contributed by atoms with van der Waals surface area (Å²) in [6.07, 6.45) is 2.22. The van der Waals surface area contributed by atoms with E-state index in [0.29, 0.717) is 6.61 Å². The molecule has 2 unspecified atom stereocenters. The molecule has 1 aromatic heterocycles. The lowest BCUT2D eigenvalue weighted by Gasteiger charge is -2.38. The second kappa shape index (κ2) is 6.00. The van der Waals surface area contributed by atoms with Crippen molar-refractivity contribution in [3.63, 3.8) is 0 Å². The maximum absolute atomic E-state index is 5.93. The quantitative estimate of drug-likeness (QED) is 0.869. The summed E-state index contributed by atoms with van der Waals surface area (Å²) < 4.78 is 11.2. The minimum absolute atomic E-state index is 0.117. The van der Waals surface area contributed by atoms with E-state index in [0.717, 1.165) is 18.6 Å². The highest BCUT2D eigenvalue weighted by atomic mass is 16.5. The molecule has 0 bridgehead atoms. The topological polar surface area (TPSA) is 34.6 Å². The van der Waals surface area contributed by atoms with Gasteiger partial charge in [0.25, 0.3) is 0 Å². The van der Waals surface area contributed by atoms with Gasteiger partial charge in [-0.2, -0.15) is 0 Å². The lowest BCUT2D eigenvalue weighted by Crippen LogP contribution is -2.48. The van der Waals surface area contributed by atoms with Gasteiger partial charge >= 0.3 is 0 Å². The Kier molecular flexibility index (Phi) is 4.08. The molecule has 0 spiro atoms. The number of aromatic nitrogens is 1. The Hall–Kier alpha value is -1.65.